The van der Waals surface area contributed by atoms with Crippen LogP contribution in [0.4, 0.5) is 0 Å². The molecule has 0 N–H and O–H groups in total. The third-order valence-electron chi connectivity index (χ3n) is 2.93. The van der Waals surface area contributed by atoms with Gasteiger partial charge in [-0.2, -0.15) is 0 Å². The van der Waals surface area contributed by atoms with Crippen molar-refractivity contribution >= 4 is 6.29 Å². The lowest BCUT2D eigenvalue weighted by Crippen LogP contribution is -2.33. The highest BCUT2D eigenvalue weighted by molar-refractivity contribution is 5.72. The second kappa shape index (κ2) is 3.96. The lowest BCUT2D eigenvalue weighted by molar-refractivity contribution is 0.110. The van der Waals surface area contributed by atoms with Gasteiger partial charge >= 0.3 is 0 Å². The van der Waals surface area contributed by atoms with Crippen LogP contribution in [0.5, 0.6) is 0 Å². The molecule has 1 fully saturated rings. The van der Waals surface area contributed by atoms with Crippen molar-refractivity contribution in [3.05, 3.63) is 24.0 Å². The Kier molecular flexibility index (Phi) is 2.68. The van der Waals surface area contributed by atoms with Gasteiger partial charge in [0.1, 0.15) is 0 Å². The van der Waals surface area contributed by atoms with Crippen molar-refractivity contribution in [3.8, 4) is 0 Å². The predicted molar refractivity (Wildman–Crippen MR) is 55.6 cm³/mol. The highest BCUT2D eigenvalue weighted by Gasteiger charge is 2.19. The van der Waals surface area contributed by atoms with E-state index in [1.165, 1.54) is 19.4 Å². The topological polar surface area (TPSA) is 25.2 Å². The lowest BCUT2D eigenvalue weighted by atomic mass is 10.1. The Balaban J connectivity index is 2.17. The standard InChI is InChI=1S/C11H16N2O/c1-12-6-2-4-10(8-12)13-7-3-5-11(13)9-14/h3,5,7,9-10H,2,4,6,8H2,1H3. The number of carbonyl (C=O) groups excluding carboxylic acids is 1. The zero-order chi connectivity index (χ0) is 9.97. The van der Waals surface area contributed by atoms with Gasteiger partial charge < -0.3 is 9.47 Å². The van der Waals surface area contributed by atoms with Crippen molar-refractivity contribution in [1.29, 1.82) is 0 Å². The van der Waals surface area contributed by atoms with Crippen LogP contribution in [0.1, 0.15) is 29.4 Å². The van der Waals surface area contributed by atoms with Gasteiger partial charge in [0.2, 0.25) is 0 Å². The molecule has 3 nitrogen and oxygen atoms in total. The van der Waals surface area contributed by atoms with Crippen molar-refractivity contribution in [1.82, 2.24) is 9.47 Å². The van der Waals surface area contributed by atoms with Crippen LogP contribution in [0.3, 0.4) is 0 Å². The minimum atomic E-state index is 0.476. The van der Waals surface area contributed by atoms with Crippen molar-refractivity contribution in [3.63, 3.8) is 0 Å². The largest absolute Gasteiger partial charge is 0.341 e. The molecule has 1 aliphatic heterocycles. The quantitative estimate of drug-likeness (QED) is 0.664. The van der Waals surface area contributed by atoms with Gasteiger partial charge in [-0.1, -0.05) is 0 Å². The smallest absolute Gasteiger partial charge is 0.166 e. The molecule has 0 amide bonds. The fraction of sp³-hybridized carbons (Fsp3) is 0.545. The highest BCUT2D eigenvalue weighted by atomic mass is 16.1. The normalized spacial score (nSPS) is 23.6. The van der Waals surface area contributed by atoms with E-state index in [0.717, 1.165) is 18.5 Å². The number of aromatic nitrogens is 1. The van der Waals surface area contributed by atoms with Crippen molar-refractivity contribution in [2.45, 2.75) is 18.9 Å². The summed E-state index contributed by atoms with van der Waals surface area (Å²) in [6, 6.07) is 4.30. The van der Waals surface area contributed by atoms with E-state index < -0.39 is 0 Å². The van der Waals surface area contributed by atoms with Gasteiger partial charge in [0.25, 0.3) is 0 Å². The number of hydrogen-bond acceptors (Lipinski definition) is 2. The molecule has 1 unspecified atom stereocenters. The number of piperidine rings is 1. The van der Waals surface area contributed by atoms with Crippen LogP contribution in [0.2, 0.25) is 0 Å². The first kappa shape index (κ1) is 9.46. The number of hydrogen-bond donors (Lipinski definition) is 0. The Hall–Kier alpha value is -1.09. The van der Waals surface area contributed by atoms with Crippen LogP contribution >= 0.6 is 0 Å². The van der Waals surface area contributed by atoms with Crippen LogP contribution in [0.15, 0.2) is 18.3 Å². The number of likely N-dealkylation sites (tertiary alicyclic amines) is 1. The first-order valence-corrected chi connectivity index (χ1v) is 5.12. The summed E-state index contributed by atoms with van der Waals surface area (Å²) in [5, 5.41) is 0. The van der Waals surface area contributed by atoms with Crippen molar-refractivity contribution in [2.24, 2.45) is 0 Å². The van der Waals surface area contributed by atoms with E-state index in [9.17, 15) is 4.79 Å². The fourth-order valence-corrected chi connectivity index (χ4v) is 2.21. The van der Waals surface area contributed by atoms with Crippen LogP contribution in [-0.4, -0.2) is 35.9 Å². The third kappa shape index (κ3) is 1.73. The summed E-state index contributed by atoms with van der Waals surface area (Å²) in [5.74, 6) is 0. The summed E-state index contributed by atoms with van der Waals surface area (Å²) in [4.78, 5) is 13.1. The average molecular weight is 192 g/mol. The molecule has 1 aromatic rings. The molecule has 0 bridgehead atoms. The van der Waals surface area contributed by atoms with E-state index in [1.54, 1.807) is 0 Å². The van der Waals surface area contributed by atoms with Crippen LogP contribution < -0.4 is 0 Å². The van der Waals surface area contributed by atoms with E-state index in [1.807, 2.05) is 18.3 Å². The first-order chi connectivity index (χ1) is 6.81. The molecule has 0 spiro atoms. The van der Waals surface area contributed by atoms with E-state index in [0.29, 0.717) is 6.04 Å². The molecule has 0 saturated carbocycles. The summed E-state index contributed by atoms with van der Waals surface area (Å²) < 4.78 is 2.10. The molecule has 2 heterocycles. The van der Waals surface area contributed by atoms with Crippen molar-refractivity contribution < 1.29 is 4.79 Å². The predicted octanol–water partition coefficient (Wildman–Crippen LogP) is 1.57. The lowest BCUT2D eigenvalue weighted by Gasteiger charge is -2.31. The average Bonchev–Trinajstić information content (AvgIpc) is 2.65. The Morgan fingerprint density at radius 3 is 3.14 bits per heavy atom. The first-order valence-electron chi connectivity index (χ1n) is 5.12. The van der Waals surface area contributed by atoms with Crippen LogP contribution in [0.25, 0.3) is 0 Å². The Labute approximate surface area is 84.3 Å². The number of carbonyl (C=O) groups is 1. The zero-order valence-corrected chi connectivity index (χ0v) is 8.52. The van der Waals surface area contributed by atoms with E-state index in [2.05, 4.69) is 16.5 Å². The fourth-order valence-electron chi connectivity index (χ4n) is 2.21. The Morgan fingerprint density at radius 2 is 2.43 bits per heavy atom. The molecule has 1 saturated heterocycles. The summed E-state index contributed by atoms with van der Waals surface area (Å²) in [6.07, 6.45) is 5.35. The van der Waals surface area contributed by atoms with Crippen LogP contribution in [0, 0.1) is 0 Å². The monoisotopic (exact) mass is 192 g/mol. The maximum Gasteiger partial charge on any atom is 0.166 e. The van der Waals surface area contributed by atoms with Gasteiger partial charge in [0, 0.05) is 18.8 Å². The molecule has 0 aromatic carbocycles. The number of aldehydes is 1. The van der Waals surface area contributed by atoms with Gasteiger partial charge in [-0.25, -0.2) is 0 Å². The second-order valence-electron chi connectivity index (χ2n) is 4.02. The van der Waals surface area contributed by atoms with Gasteiger partial charge in [-0.05, 0) is 38.6 Å². The maximum atomic E-state index is 10.8. The molecule has 2 rings (SSSR count). The molecule has 1 aromatic heterocycles. The zero-order valence-electron chi connectivity index (χ0n) is 8.52. The summed E-state index contributed by atoms with van der Waals surface area (Å²) in [5.41, 5.74) is 0.797. The third-order valence-corrected chi connectivity index (χ3v) is 2.93. The van der Waals surface area contributed by atoms with Gasteiger partial charge in [-0.15, -0.1) is 0 Å². The van der Waals surface area contributed by atoms with E-state index >= 15 is 0 Å². The number of likely N-dealkylation sites (N-methyl/N-ethyl adjacent to an activating group) is 1. The number of rotatable bonds is 2. The highest BCUT2D eigenvalue weighted by Crippen LogP contribution is 2.21. The molecular weight excluding hydrogens is 176 g/mol. The Morgan fingerprint density at radius 1 is 1.57 bits per heavy atom. The molecule has 0 radical (unpaired) electrons. The molecular formula is C11H16N2O. The Bertz CT molecular complexity index is 319. The van der Waals surface area contributed by atoms with Gasteiger partial charge in [0.15, 0.2) is 6.29 Å². The van der Waals surface area contributed by atoms with Crippen LogP contribution in [-0.2, 0) is 0 Å². The van der Waals surface area contributed by atoms with Crippen molar-refractivity contribution in [2.75, 3.05) is 20.1 Å². The number of nitrogens with zero attached hydrogens (tertiary/aromatic N) is 2. The molecule has 1 atom stereocenters. The van der Waals surface area contributed by atoms with Gasteiger partial charge in [0.05, 0.1) is 5.69 Å². The molecule has 0 aliphatic carbocycles. The summed E-state index contributed by atoms with van der Waals surface area (Å²) in [6.45, 7) is 2.23. The van der Waals surface area contributed by atoms with E-state index in [4.69, 9.17) is 0 Å². The summed E-state index contributed by atoms with van der Waals surface area (Å²) in [7, 11) is 2.14. The minimum Gasteiger partial charge on any atom is -0.341 e. The van der Waals surface area contributed by atoms with E-state index in [-0.39, 0.29) is 0 Å². The molecule has 1 aliphatic rings. The SMILES string of the molecule is CN1CCCC(n2cccc2C=O)C1. The summed E-state index contributed by atoms with van der Waals surface area (Å²) >= 11 is 0. The molecule has 3 heteroatoms. The molecule has 14 heavy (non-hydrogen) atoms. The van der Waals surface area contributed by atoms with Gasteiger partial charge in [-0.3, -0.25) is 4.79 Å². The minimum absolute atomic E-state index is 0.476. The molecule has 76 valence electrons. The maximum absolute atomic E-state index is 10.8. The second-order valence-corrected chi connectivity index (χ2v) is 4.02.